The van der Waals surface area contributed by atoms with Gasteiger partial charge in [-0.15, -0.1) is 11.3 Å². The second-order valence-corrected chi connectivity index (χ2v) is 6.94. The van der Waals surface area contributed by atoms with E-state index < -0.39 is 0 Å². The first kappa shape index (κ1) is 17.4. The van der Waals surface area contributed by atoms with Crippen LogP contribution in [0.2, 0.25) is 0 Å². The molecule has 2 heterocycles. The molecule has 1 aromatic heterocycles. The van der Waals surface area contributed by atoms with Crippen LogP contribution in [0.1, 0.15) is 17.7 Å². The average molecular weight is 358 g/mol. The van der Waals surface area contributed by atoms with Gasteiger partial charge in [-0.25, -0.2) is 4.39 Å². The second kappa shape index (κ2) is 8.07. The highest BCUT2D eigenvalue weighted by Crippen LogP contribution is 2.30. The molecule has 130 valence electrons. The van der Waals surface area contributed by atoms with Crippen LogP contribution in [0.5, 0.6) is 0 Å². The summed E-state index contributed by atoms with van der Waals surface area (Å²) in [7, 11) is 0. The molecule has 6 heteroatoms. The number of likely N-dealkylation sites (tertiary alicyclic amines) is 1. The lowest BCUT2D eigenvalue weighted by molar-refractivity contribution is -0.131. The molecule has 0 saturated carbocycles. The number of carbonyl (C=O) groups excluding carboxylic acids is 2. The minimum atomic E-state index is -0.312. The van der Waals surface area contributed by atoms with Crippen molar-refractivity contribution in [3.05, 3.63) is 53.2 Å². The zero-order chi connectivity index (χ0) is 17.6. The molecule has 0 atom stereocenters. The Morgan fingerprint density at radius 2 is 1.92 bits per heavy atom. The molecule has 2 amide bonds. The van der Waals surface area contributed by atoms with Crippen LogP contribution >= 0.6 is 11.3 Å². The molecule has 1 aliphatic heterocycles. The maximum atomic E-state index is 13.8. The Kier molecular flexibility index (Phi) is 5.60. The number of nitrogens with one attached hydrogen (secondary N) is 1. The van der Waals surface area contributed by atoms with Crippen LogP contribution in [0.4, 0.5) is 4.39 Å². The minimum Gasteiger partial charge on any atom is -0.343 e. The minimum absolute atomic E-state index is 0.0219. The molecule has 3 rings (SSSR count). The lowest BCUT2D eigenvalue weighted by Gasteiger charge is -2.14. The number of nitrogens with zero attached hydrogens (tertiary/aromatic N) is 1. The molecule has 0 radical (unpaired) electrons. The molecule has 0 aliphatic carbocycles. The quantitative estimate of drug-likeness (QED) is 0.834. The first-order chi connectivity index (χ1) is 12.1. The van der Waals surface area contributed by atoms with E-state index in [2.05, 4.69) is 5.32 Å². The van der Waals surface area contributed by atoms with Crippen molar-refractivity contribution in [3.63, 3.8) is 0 Å². The van der Waals surface area contributed by atoms with E-state index in [9.17, 15) is 14.0 Å². The maximum absolute atomic E-state index is 13.8. The smallest absolute Gasteiger partial charge is 0.244 e. The summed E-state index contributed by atoms with van der Waals surface area (Å²) in [5.74, 6) is -0.622. The van der Waals surface area contributed by atoms with Gasteiger partial charge >= 0.3 is 0 Å². The van der Waals surface area contributed by atoms with E-state index in [1.165, 1.54) is 23.5 Å². The predicted molar refractivity (Wildman–Crippen MR) is 97.6 cm³/mol. The lowest BCUT2D eigenvalue weighted by atomic mass is 10.2. The third kappa shape index (κ3) is 4.54. The summed E-state index contributed by atoms with van der Waals surface area (Å²) < 4.78 is 13.8. The molecule has 1 saturated heterocycles. The van der Waals surface area contributed by atoms with Crippen LogP contribution in [0.3, 0.4) is 0 Å². The molecule has 1 fully saturated rings. The first-order valence-electron chi connectivity index (χ1n) is 8.22. The zero-order valence-corrected chi connectivity index (χ0v) is 14.5. The van der Waals surface area contributed by atoms with Gasteiger partial charge in [0, 0.05) is 34.5 Å². The number of benzene rings is 1. The molecule has 1 aromatic carbocycles. The summed E-state index contributed by atoms with van der Waals surface area (Å²) in [5.41, 5.74) is 0.549. The Bertz CT molecular complexity index is 794. The normalized spacial score (nSPS) is 14.2. The number of hydrogen-bond donors (Lipinski definition) is 1. The van der Waals surface area contributed by atoms with Gasteiger partial charge < -0.3 is 10.2 Å². The van der Waals surface area contributed by atoms with E-state index >= 15 is 0 Å². The van der Waals surface area contributed by atoms with E-state index in [4.69, 9.17) is 0 Å². The Labute approximate surface area is 150 Å². The Hall–Kier alpha value is -2.47. The predicted octanol–water partition coefficient (Wildman–Crippen LogP) is 3.31. The van der Waals surface area contributed by atoms with Crippen LogP contribution in [0.15, 0.2) is 42.5 Å². The monoisotopic (exact) mass is 358 g/mol. The van der Waals surface area contributed by atoms with Gasteiger partial charge in [0.15, 0.2) is 0 Å². The molecule has 4 nitrogen and oxygen atoms in total. The van der Waals surface area contributed by atoms with Crippen molar-refractivity contribution in [3.8, 4) is 10.4 Å². The molecule has 0 bridgehead atoms. The van der Waals surface area contributed by atoms with Gasteiger partial charge in [0.1, 0.15) is 5.82 Å². The van der Waals surface area contributed by atoms with Crippen molar-refractivity contribution in [1.82, 2.24) is 10.2 Å². The topological polar surface area (TPSA) is 49.4 Å². The van der Waals surface area contributed by atoms with E-state index in [0.29, 0.717) is 5.56 Å². The van der Waals surface area contributed by atoms with Gasteiger partial charge in [-0.3, -0.25) is 9.59 Å². The highest BCUT2D eigenvalue weighted by Gasteiger charge is 2.17. The SMILES string of the molecule is O=C(/C=C/c1ccc(-c2ccccc2F)s1)NCC(=O)N1CCCC1. The Morgan fingerprint density at radius 1 is 1.16 bits per heavy atom. The zero-order valence-electron chi connectivity index (χ0n) is 13.7. The number of halogens is 1. The van der Waals surface area contributed by atoms with Crippen LogP contribution < -0.4 is 5.32 Å². The van der Waals surface area contributed by atoms with Crippen molar-refractivity contribution < 1.29 is 14.0 Å². The van der Waals surface area contributed by atoms with Crippen molar-refractivity contribution in [2.24, 2.45) is 0 Å². The molecule has 1 aliphatic rings. The van der Waals surface area contributed by atoms with Crippen molar-refractivity contribution in [2.45, 2.75) is 12.8 Å². The summed E-state index contributed by atoms with van der Waals surface area (Å²) in [6, 6.07) is 10.3. The molecule has 0 spiro atoms. The van der Waals surface area contributed by atoms with Crippen LogP contribution in [0.25, 0.3) is 16.5 Å². The fraction of sp³-hybridized carbons (Fsp3) is 0.263. The number of hydrogen-bond acceptors (Lipinski definition) is 3. The summed E-state index contributed by atoms with van der Waals surface area (Å²) >= 11 is 1.40. The maximum Gasteiger partial charge on any atom is 0.244 e. The van der Waals surface area contributed by atoms with Gasteiger partial charge in [-0.1, -0.05) is 18.2 Å². The molecule has 0 unspecified atom stereocenters. The molecule has 1 N–H and O–H groups in total. The third-order valence-electron chi connectivity index (χ3n) is 4.04. The molecule has 2 aromatic rings. The van der Waals surface area contributed by atoms with Gasteiger partial charge in [-0.2, -0.15) is 0 Å². The van der Waals surface area contributed by atoms with Gasteiger partial charge in [0.05, 0.1) is 6.54 Å². The van der Waals surface area contributed by atoms with E-state index in [-0.39, 0.29) is 24.2 Å². The van der Waals surface area contributed by atoms with Crippen LogP contribution in [0, 0.1) is 5.82 Å². The first-order valence-corrected chi connectivity index (χ1v) is 9.03. The number of thiophene rings is 1. The number of rotatable bonds is 5. The summed E-state index contributed by atoms with van der Waals surface area (Å²) in [5, 5.41) is 2.60. The number of amides is 2. The van der Waals surface area contributed by atoms with Gasteiger partial charge in [-0.05, 0) is 37.1 Å². The van der Waals surface area contributed by atoms with Crippen LogP contribution in [-0.4, -0.2) is 36.3 Å². The lowest BCUT2D eigenvalue weighted by Crippen LogP contribution is -2.38. The fourth-order valence-corrected chi connectivity index (χ4v) is 3.64. The highest BCUT2D eigenvalue weighted by molar-refractivity contribution is 7.16. The third-order valence-corrected chi connectivity index (χ3v) is 5.12. The van der Waals surface area contributed by atoms with Gasteiger partial charge in [0.25, 0.3) is 0 Å². The number of carbonyl (C=O) groups is 2. The van der Waals surface area contributed by atoms with Crippen molar-refractivity contribution >= 4 is 29.2 Å². The average Bonchev–Trinajstić information content (AvgIpc) is 3.30. The van der Waals surface area contributed by atoms with Crippen molar-refractivity contribution in [2.75, 3.05) is 19.6 Å². The van der Waals surface area contributed by atoms with E-state index in [1.54, 1.807) is 29.2 Å². The molecular weight excluding hydrogens is 339 g/mol. The summed E-state index contributed by atoms with van der Waals surface area (Å²) in [4.78, 5) is 27.1. The summed E-state index contributed by atoms with van der Waals surface area (Å²) in [6.45, 7) is 1.57. The highest BCUT2D eigenvalue weighted by atomic mass is 32.1. The van der Waals surface area contributed by atoms with E-state index in [0.717, 1.165) is 35.7 Å². The van der Waals surface area contributed by atoms with Crippen LogP contribution in [-0.2, 0) is 9.59 Å². The second-order valence-electron chi connectivity index (χ2n) is 5.82. The molecular formula is C19H19FN2O2S. The largest absolute Gasteiger partial charge is 0.343 e. The summed E-state index contributed by atoms with van der Waals surface area (Å²) in [6.07, 6.45) is 5.13. The fourth-order valence-electron chi connectivity index (χ4n) is 2.71. The molecule has 25 heavy (non-hydrogen) atoms. The Balaban J connectivity index is 1.54. The Morgan fingerprint density at radius 3 is 2.68 bits per heavy atom. The van der Waals surface area contributed by atoms with Crippen molar-refractivity contribution in [1.29, 1.82) is 0 Å². The van der Waals surface area contributed by atoms with E-state index in [1.807, 2.05) is 12.1 Å². The standard InChI is InChI=1S/C19H19FN2O2S/c20-16-6-2-1-5-15(16)17-9-7-14(25-17)8-10-18(23)21-13-19(24)22-11-3-4-12-22/h1-2,5-10H,3-4,11-13H2,(H,21,23)/b10-8+. The van der Waals surface area contributed by atoms with Gasteiger partial charge in [0.2, 0.25) is 11.8 Å².